The smallest absolute Gasteiger partial charge is 0.395 e. The van der Waals surface area contributed by atoms with E-state index in [0.29, 0.717) is 31.6 Å². The van der Waals surface area contributed by atoms with Crippen molar-refractivity contribution in [3.63, 3.8) is 0 Å². The van der Waals surface area contributed by atoms with Crippen molar-refractivity contribution in [3.05, 3.63) is 23.8 Å². The molecule has 1 fully saturated rings. The molecule has 1 amide bonds. The number of nitrogens with one attached hydrogen (secondary N) is 1. The number of carbonyl (C=O) groups excluding carboxylic acids is 1. The van der Waals surface area contributed by atoms with Gasteiger partial charge in [-0.1, -0.05) is 12.1 Å². The minimum Gasteiger partial charge on any atom is -0.395 e. The molecule has 2 N–H and O–H groups in total. The van der Waals surface area contributed by atoms with Gasteiger partial charge in [-0.3, -0.25) is 9.69 Å². The molecule has 2 heterocycles. The van der Waals surface area contributed by atoms with Crippen LogP contribution < -0.4 is 14.8 Å². The molecule has 24 heavy (non-hydrogen) atoms. The third-order valence-corrected chi connectivity index (χ3v) is 4.31. The summed E-state index contributed by atoms with van der Waals surface area (Å²) in [5.74, 6) is -0.186. The van der Waals surface area contributed by atoms with Crippen molar-refractivity contribution >= 4 is 5.91 Å². The Bertz CT molecular complexity index is 641. The number of amides is 1. The van der Waals surface area contributed by atoms with Crippen LogP contribution in [0.1, 0.15) is 24.8 Å². The zero-order valence-electron chi connectivity index (χ0n) is 13.3. The summed E-state index contributed by atoms with van der Waals surface area (Å²) < 4.78 is 35.6. The van der Waals surface area contributed by atoms with E-state index in [-0.39, 0.29) is 23.8 Å². The van der Waals surface area contributed by atoms with Crippen molar-refractivity contribution in [1.29, 1.82) is 0 Å². The van der Waals surface area contributed by atoms with Crippen LogP contribution in [0.25, 0.3) is 0 Å². The second-order valence-electron chi connectivity index (χ2n) is 6.30. The van der Waals surface area contributed by atoms with Gasteiger partial charge in [-0.2, -0.15) is 0 Å². The molecule has 0 radical (unpaired) electrons. The number of nitrogens with zero attached hydrogens (tertiary/aromatic N) is 1. The summed E-state index contributed by atoms with van der Waals surface area (Å²) in [6.07, 6.45) is -2.39. The lowest BCUT2D eigenvalue weighted by molar-refractivity contribution is -0.287. The Hall–Kier alpha value is -1.93. The van der Waals surface area contributed by atoms with Gasteiger partial charge in [0, 0.05) is 25.7 Å². The number of piperidine rings is 1. The number of ether oxygens (including phenoxy) is 2. The standard InChI is InChI=1S/C16H20F2N2O4/c1-19-13(21)8-15(22)6-3-7-20(10-15)9-11-4-2-5-12-14(11)24-16(17,18)23-12/h2,4-5,22H,3,6-10H2,1H3,(H,19,21). The molecule has 0 aromatic heterocycles. The number of hydrogen-bond donors (Lipinski definition) is 2. The first-order chi connectivity index (χ1) is 11.3. The van der Waals surface area contributed by atoms with Gasteiger partial charge in [-0.05, 0) is 25.5 Å². The lowest BCUT2D eigenvalue weighted by Gasteiger charge is -2.39. The SMILES string of the molecule is CNC(=O)CC1(O)CCCN(Cc2cccc3c2OC(F)(F)O3)C1. The van der Waals surface area contributed by atoms with Crippen LogP contribution >= 0.6 is 0 Å². The molecule has 0 aliphatic carbocycles. The van der Waals surface area contributed by atoms with E-state index in [1.807, 2.05) is 4.90 Å². The highest BCUT2D eigenvalue weighted by Gasteiger charge is 2.44. The maximum absolute atomic E-state index is 13.3. The zero-order chi connectivity index (χ0) is 17.4. The van der Waals surface area contributed by atoms with Crippen molar-refractivity contribution in [2.24, 2.45) is 0 Å². The molecular weight excluding hydrogens is 322 g/mol. The van der Waals surface area contributed by atoms with Crippen LogP contribution in [0.3, 0.4) is 0 Å². The lowest BCUT2D eigenvalue weighted by Crippen LogP contribution is -2.49. The first-order valence-electron chi connectivity index (χ1n) is 7.83. The number of halogens is 2. The fourth-order valence-electron chi connectivity index (χ4n) is 3.26. The van der Waals surface area contributed by atoms with Crippen LogP contribution in [0.2, 0.25) is 0 Å². The van der Waals surface area contributed by atoms with E-state index < -0.39 is 11.9 Å². The first kappa shape index (κ1) is 16.9. The van der Waals surface area contributed by atoms with E-state index in [4.69, 9.17) is 0 Å². The number of fused-ring (bicyclic) bond motifs is 1. The average molecular weight is 342 g/mol. The molecule has 1 atom stereocenters. The van der Waals surface area contributed by atoms with Crippen LogP contribution in [0.15, 0.2) is 18.2 Å². The number of aliphatic hydroxyl groups is 1. The van der Waals surface area contributed by atoms with Crippen LogP contribution in [0.5, 0.6) is 11.5 Å². The number of likely N-dealkylation sites (tertiary alicyclic amines) is 1. The van der Waals surface area contributed by atoms with Gasteiger partial charge >= 0.3 is 6.29 Å². The van der Waals surface area contributed by atoms with E-state index in [1.165, 1.54) is 13.1 Å². The topological polar surface area (TPSA) is 71.0 Å². The lowest BCUT2D eigenvalue weighted by atomic mass is 9.89. The molecule has 2 aliphatic rings. The highest BCUT2D eigenvalue weighted by molar-refractivity contribution is 5.76. The van der Waals surface area contributed by atoms with Crippen molar-refractivity contribution in [3.8, 4) is 11.5 Å². The van der Waals surface area contributed by atoms with Gasteiger partial charge in [0.1, 0.15) is 0 Å². The second-order valence-corrected chi connectivity index (χ2v) is 6.30. The van der Waals surface area contributed by atoms with Crippen LogP contribution in [0, 0.1) is 0 Å². The molecule has 6 nitrogen and oxygen atoms in total. The highest BCUT2D eigenvalue weighted by atomic mass is 19.3. The Morgan fingerprint density at radius 2 is 2.21 bits per heavy atom. The average Bonchev–Trinajstić information content (AvgIpc) is 2.82. The Kier molecular flexibility index (Phi) is 4.35. The van der Waals surface area contributed by atoms with Crippen molar-refractivity contribution in [2.75, 3.05) is 20.1 Å². The minimum absolute atomic E-state index is 0.00938. The third kappa shape index (κ3) is 3.59. The molecule has 0 saturated carbocycles. The van der Waals surface area contributed by atoms with E-state index in [2.05, 4.69) is 14.8 Å². The van der Waals surface area contributed by atoms with Gasteiger partial charge in [0.25, 0.3) is 0 Å². The predicted molar refractivity (Wildman–Crippen MR) is 80.8 cm³/mol. The fourth-order valence-corrected chi connectivity index (χ4v) is 3.26. The van der Waals surface area contributed by atoms with Gasteiger partial charge < -0.3 is 19.9 Å². The number of para-hydroxylation sites is 1. The Balaban J connectivity index is 1.71. The molecule has 0 bridgehead atoms. The number of benzene rings is 1. The molecule has 1 aromatic carbocycles. The molecule has 1 unspecified atom stereocenters. The molecular formula is C16H20F2N2O4. The molecule has 3 rings (SSSR count). The van der Waals surface area contributed by atoms with Gasteiger partial charge in [-0.15, -0.1) is 8.78 Å². The van der Waals surface area contributed by atoms with Crippen molar-refractivity contribution < 1.29 is 28.2 Å². The van der Waals surface area contributed by atoms with Gasteiger partial charge in [0.15, 0.2) is 11.5 Å². The van der Waals surface area contributed by atoms with Gasteiger partial charge in [0.05, 0.1) is 12.0 Å². The van der Waals surface area contributed by atoms with Crippen molar-refractivity contribution in [2.45, 2.75) is 37.7 Å². The van der Waals surface area contributed by atoms with E-state index in [9.17, 15) is 18.7 Å². The molecule has 1 saturated heterocycles. The quantitative estimate of drug-likeness (QED) is 0.867. The fraction of sp³-hybridized carbons (Fsp3) is 0.562. The van der Waals surface area contributed by atoms with E-state index >= 15 is 0 Å². The molecule has 132 valence electrons. The summed E-state index contributed by atoms with van der Waals surface area (Å²) in [5, 5.41) is 13.1. The maximum atomic E-state index is 13.3. The maximum Gasteiger partial charge on any atom is 0.586 e. The van der Waals surface area contributed by atoms with Gasteiger partial charge in [-0.25, -0.2) is 0 Å². The molecule has 1 aromatic rings. The van der Waals surface area contributed by atoms with Crippen molar-refractivity contribution in [1.82, 2.24) is 10.2 Å². The summed E-state index contributed by atoms with van der Waals surface area (Å²) >= 11 is 0. The number of rotatable bonds is 4. The Labute approximate surface area is 138 Å². The van der Waals surface area contributed by atoms with Crippen LogP contribution in [-0.2, 0) is 11.3 Å². The largest absolute Gasteiger partial charge is 0.586 e. The normalized spacial score (nSPS) is 25.5. The monoisotopic (exact) mass is 342 g/mol. The van der Waals surface area contributed by atoms with E-state index in [1.54, 1.807) is 12.1 Å². The third-order valence-electron chi connectivity index (χ3n) is 4.31. The summed E-state index contributed by atoms with van der Waals surface area (Å²) in [4.78, 5) is 13.5. The van der Waals surface area contributed by atoms with E-state index in [0.717, 1.165) is 6.42 Å². The molecule has 0 spiro atoms. The second kappa shape index (κ2) is 6.18. The van der Waals surface area contributed by atoms with Gasteiger partial charge in [0.2, 0.25) is 5.91 Å². The number of β-amino-alcohol motifs (C(OH)–C–C–N with tert-alkyl or cyclic N) is 1. The summed E-state index contributed by atoms with van der Waals surface area (Å²) in [6.45, 7) is 1.33. The predicted octanol–water partition coefficient (Wildman–Crippen LogP) is 1.47. The summed E-state index contributed by atoms with van der Waals surface area (Å²) in [7, 11) is 1.52. The summed E-state index contributed by atoms with van der Waals surface area (Å²) in [6, 6.07) is 4.74. The Morgan fingerprint density at radius 3 is 2.96 bits per heavy atom. The Morgan fingerprint density at radius 1 is 1.42 bits per heavy atom. The number of alkyl halides is 2. The number of carbonyl (C=O) groups is 1. The molecule has 2 aliphatic heterocycles. The highest BCUT2D eigenvalue weighted by Crippen LogP contribution is 2.43. The first-order valence-corrected chi connectivity index (χ1v) is 7.83. The van der Waals surface area contributed by atoms with Crippen LogP contribution in [-0.4, -0.2) is 47.9 Å². The zero-order valence-corrected chi connectivity index (χ0v) is 13.3. The number of hydrogen-bond acceptors (Lipinski definition) is 5. The molecule has 8 heteroatoms. The summed E-state index contributed by atoms with van der Waals surface area (Å²) in [5.41, 5.74) is -0.550. The van der Waals surface area contributed by atoms with Crippen LogP contribution in [0.4, 0.5) is 8.78 Å². The minimum atomic E-state index is -3.65.